The van der Waals surface area contributed by atoms with Gasteiger partial charge in [-0.05, 0) is 32.6 Å². The van der Waals surface area contributed by atoms with Crippen LogP contribution in [0.3, 0.4) is 0 Å². The lowest BCUT2D eigenvalue weighted by Crippen LogP contribution is -2.24. The minimum absolute atomic E-state index is 0.286. The molecule has 2 nitrogen and oxygen atoms in total. The Balaban J connectivity index is 1.57. The lowest BCUT2D eigenvalue weighted by Gasteiger charge is -2.20. The Kier molecular flexibility index (Phi) is 4.45. The molecule has 2 aliphatic carbocycles. The van der Waals surface area contributed by atoms with Gasteiger partial charge in [0.15, 0.2) is 0 Å². The van der Waals surface area contributed by atoms with Crippen LogP contribution in [0.5, 0.6) is 0 Å². The smallest absolute Gasteiger partial charge is 0.0784 e. The first-order valence-corrected chi connectivity index (χ1v) is 6.61. The van der Waals surface area contributed by atoms with Crippen molar-refractivity contribution in [1.29, 1.82) is 0 Å². The molecule has 1 atom stereocenters. The summed E-state index contributed by atoms with van der Waals surface area (Å²) in [6.45, 7) is 2.94. The highest BCUT2D eigenvalue weighted by atomic mass is 16.5. The fourth-order valence-electron chi connectivity index (χ4n) is 2.72. The fraction of sp³-hybridized carbons (Fsp3) is 1.00. The molecule has 0 saturated heterocycles. The maximum Gasteiger partial charge on any atom is 0.0784 e. The van der Waals surface area contributed by atoms with E-state index >= 15 is 0 Å². The minimum atomic E-state index is 0.286. The van der Waals surface area contributed by atoms with Gasteiger partial charge in [-0.15, -0.1) is 0 Å². The molecule has 0 N–H and O–H groups in total. The standard InChI is InChI=1S/C13H24O2/c1-11(15-13-8-4-5-9-13)10-14-12-6-2-3-7-12/h11-13H,2-10H2,1H3. The van der Waals surface area contributed by atoms with Crippen LogP contribution in [0.15, 0.2) is 0 Å². The van der Waals surface area contributed by atoms with Gasteiger partial charge >= 0.3 is 0 Å². The second-order valence-corrected chi connectivity index (χ2v) is 5.09. The third kappa shape index (κ3) is 3.76. The summed E-state index contributed by atoms with van der Waals surface area (Å²) >= 11 is 0. The highest BCUT2D eigenvalue weighted by Crippen LogP contribution is 2.24. The molecule has 0 amide bonds. The molecule has 0 aromatic rings. The molecule has 2 aliphatic rings. The summed E-state index contributed by atoms with van der Waals surface area (Å²) in [5.41, 5.74) is 0. The van der Waals surface area contributed by atoms with Crippen LogP contribution in [0.1, 0.15) is 58.3 Å². The maximum absolute atomic E-state index is 5.95. The largest absolute Gasteiger partial charge is 0.376 e. The van der Waals surface area contributed by atoms with Gasteiger partial charge in [-0.3, -0.25) is 0 Å². The topological polar surface area (TPSA) is 18.5 Å². The number of rotatable bonds is 5. The lowest BCUT2D eigenvalue weighted by atomic mass is 10.3. The summed E-state index contributed by atoms with van der Waals surface area (Å²) in [6.07, 6.45) is 11.8. The quantitative estimate of drug-likeness (QED) is 0.696. The number of hydrogen-bond acceptors (Lipinski definition) is 2. The van der Waals surface area contributed by atoms with E-state index in [2.05, 4.69) is 6.92 Å². The Morgan fingerprint density at radius 1 is 0.933 bits per heavy atom. The highest BCUT2D eigenvalue weighted by molar-refractivity contribution is 4.70. The van der Waals surface area contributed by atoms with E-state index in [9.17, 15) is 0 Å². The van der Waals surface area contributed by atoms with E-state index < -0.39 is 0 Å². The van der Waals surface area contributed by atoms with Gasteiger partial charge in [0, 0.05) is 0 Å². The van der Waals surface area contributed by atoms with Crippen LogP contribution in [-0.2, 0) is 9.47 Å². The Morgan fingerprint density at radius 2 is 1.47 bits per heavy atom. The maximum atomic E-state index is 5.95. The predicted octanol–water partition coefficient (Wildman–Crippen LogP) is 3.29. The molecule has 0 radical (unpaired) electrons. The lowest BCUT2D eigenvalue weighted by molar-refractivity contribution is -0.0634. The van der Waals surface area contributed by atoms with Gasteiger partial charge in [0.25, 0.3) is 0 Å². The average Bonchev–Trinajstić information content (AvgIpc) is 2.86. The van der Waals surface area contributed by atoms with Crippen molar-refractivity contribution in [3.05, 3.63) is 0 Å². The van der Waals surface area contributed by atoms with Gasteiger partial charge in [0.2, 0.25) is 0 Å². The van der Waals surface area contributed by atoms with Crippen molar-refractivity contribution in [1.82, 2.24) is 0 Å². The van der Waals surface area contributed by atoms with Gasteiger partial charge in [-0.25, -0.2) is 0 Å². The third-order valence-electron chi connectivity index (χ3n) is 3.60. The molecular weight excluding hydrogens is 188 g/mol. The molecule has 2 rings (SSSR count). The van der Waals surface area contributed by atoms with E-state index in [1.54, 1.807) is 0 Å². The normalized spacial score (nSPS) is 26.2. The van der Waals surface area contributed by atoms with Crippen LogP contribution >= 0.6 is 0 Å². The molecule has 0 aromatic carbocycles. The average molecular weight is 212 g/mol. The summed E-state index contributed by atoms with van der Waals surface area (Å²) in [5, 5.41) is 0. The first kappa shape index (κ1) is 11.4. The van der Waals surface area contributed by atoms with Gasteiger partial charge in [-0.2, -0.15) is 0 Å². The van der Waals surface area contributed by atoms with Crippen LogP contribution in [-0.4, -0.2) is 24.9 Å². The summed E-state index contributed by atoms with van der Waals surface area (Å²) < 4.78 is 11.8. The molecule has 88 valence electrons. The van der Waals surface area contributed by atoms with E-state index in [-0.39, 0.29) is 6.10 Å². The van der Waals surface area contributed by atoms with Crippen LogP contribution in [0.4, 0.5) is 0 Å². The third-order valence-corrected chi connectivity index (χ3v) is 3.60. The second-order valence-electron chi connectivity index (χ2n) is 5.09. The Hall–Kier alpha value is -0.0800. The molecule has 2 fully saturated rings. The molecule has 0 aliphatic heterocycles. The van der Waals surface area contributed by atoms with E-state index in [1.165, 1.54) is 51.4 Å². The van der Waals surface area contributed by atoms with Gasteiger partial charge in [0.1, 0.15) is 0 Å². The summed E-state index contributed by atoms with van der Waals surface area (Å²) in [5.74, 6) is 0. The van der Waals surface area contributed by atoms with E-state index in [0.29, 0.717) is 12.2 Å². The zero-order valence-corrected chi connectivity index (χ0v) is 9.91. The zero-order valence-electron chi connectivity index (χ0n) is 9.91. The predicted molar refractivity (Wildman–Crippen MR) is 61.0 cm³/mol. The Morgan fingerprint density at radius 3 is 2.07 bits per heavy atom. The van der Waals surface area contributed by atoms with Crippen molar-refractivity contribution in [2.45, 2.75) is 76.6 Å². The monoisotopic (exact) mass is 212 g/mol. The molecule has 0 spiro atoms. The summed E-state index contributed by atoms with van der Waals surface area (Å²) in [4.78, 5) is 0. The number of hydrogen-bond donors (Lipinski definition) is 0. The van der Waals surface area contributed by atoms with Crippen molar-refractivity contribution >= 4 is 0 Å². The molecular formula is C13H24O2. The zero-order chi connectivity index (χ0) is 10.5. The second kappa shape index (κ2) is 5.86. The molecule has 2 saturated carbocycles. The van der Waals surface area contributed by atoms with E-state index in [4.69, 9.17) is 9.47 Å². The van der Waals surface area contributed by atoms with Crippen LogP contribution in [0, 0.1) is 0 Å². The van der Waals surface area contributed by atoms with Crippen LogP contribution in [0.2, 0.25) is 0 Å². The van der Waals surface area contributed by atoms with Crippen molar-refractivity contribution in [3.8, 4) is 0 Å². The van der Waals surface area contributed by atoms with Gasteiger partial charge in [0.05, 0.1) is 24.9 Å². The molecule has 2 heteroatoms. The number of ether oxygens (including phenoxy) is 2. The molecule has 0 aromatic heterocycles. The Bertz CT molecular complexity index is 169. The van der Waals surface area contributed by atoms with Crippen molar-refractivity contribution in [3.63, 3.8) is 0 Å². The SMILES string of the molecule is CC(COC1CCCC1)OC1CCCC1. The van der Waals surface area contributed by atoms with Crippen molar-refractivity contribution in [2.75, 3.05) is 6.61 Å². The molecule has 15 heavy (non-hydrogen) atoms. The minimum Gasteiger partial charge on any atom is -0.376 e. The van der Waals surface area contributed by atoms with Crippen LogP contribution < -0.4 is 0 Å². The molecule has 1 unspecified atom stereocenters. The van der Waals surface area contributed by atoms with Gasteiger partial charge < -0.3 is 9.47 Å². The van der Waals surface area contributed by atoms with Crippen molar-refractivity contribution in [2.24, 2.45) is 0 Å². The Labute approximate surface area is 93.3 Å². The van der Waals surface area contributed by atoms with Crippen LogP contribution in [0.25, 0.3) is 0 Å². The molecule has 0 bridgehead atoms. The first-order valence-electron chi connectivity index (χ1n) is 6.61. The summed E-state index contributed by atoms with van der Waals surface area (Å²) in [7, 11) is 0. The highest BCUT2D eigenvalue weighted by Gasteiger charge is 2.20. The first-order chi connectivity index (χ1) is 7.34. The van der Waals surface area contributed by atoms with E-state index in [0.717, 1.165) is 6.61 Å². The summed E-state index contributed by atoms with van der Waals surface area (Å²) in [6, 6.07) is 0. The van der Waals surface area contributed by atoms with Gasteiger partial charge in [-0.1, -0.05) is 25.7 Å². The fourth-order valence-corrected chi connectivity index (χ4v) is 2.72. The van der Waals surface area contributed by atoms with Crippen molar-refractivity contribution < 1.29 is 9.47 Å². The van der Waals surface area contributed by atoms with E-state index in [1.807, 2.05) is 0 Å². The molecule has 0 heterocycles.